The molecule has 2 aromatic rings. The van der Waals surface area contributed by atoms with Gasteiger partial charge in [0, 0.05) is 29.0 Å². The van der Waals surface area contributed by atoms with Crippen molar-refractivity contribution in [3.63, 3.8) is 0 Å². The van der Waals surface area contributed by atoms with Gasteiger partial charge in [-0.2, -0.15) is 0 Å². The summed E-state index contributed by atoms with van der Waals surface area (Å²) in [6.07, 6.45) is 3.72. The number of benzene rings is 1. The monoisotopic (exact) mass is 367 g/mol. The van der Waals surface area contributed by atoms with Crippen molar-refractivity contribution in [2.45, 2.75) is 13.5 Å². The summed E-state index contributed by atoms with van der Waals surface area (Å²) in [5.74, 6) is 4.94. The minimum atomic E-state index is 0.403. The van der Waals surface area contributed by atoms with E-state index in [2.05, 4.69) is 37.1 Å². The Morgan fingerprint density at radius 2 is 2.14 bits per heavy atom. The molecule has 0 saturated heterocycles. The number of amides is 1. The van der Waals surface area contributed by atoms with Crippen LogP contribution in [0.3, 0.4) is 0 Å². The lowest BCUT2D eigenvalue weighted by atomic mass is 10.2. The van der Waals surface area contributed by atoms with Crippen LogP contribution >= 0.6 is 15.9 Å². The van der Waals surface area contributed by atoms with Crippen molar-refractivity contribution in [3.05, 3.63) is 46.3 Å². The second kappa shape index (κ2) is 9.69. The molecule has 118 valence electrons. The van der Waals surface area contributed by atoms with Gasteiger partial charge in [0.2, 0.25) is 12.3 Å². The highest BCUT2D eigenvalue weighted by Crippen LogP contribution is 2.25. The summed E-state index contributed by atoms with van der Waals surface area (Å²) in [4.78, 5) is 17.2. The van der Waals surface area contributed by atoms with Crippen molar-refractivity contribution in [2.24, 2.45) is 5.84 Å². The molecule has 4 N–H and O–H groups in total. The number of hydrogen-bond acceptors (Lipinski definition) is 6. The Morgan fingerprint density at radius 1 is 1.41 bits per heavy atom. The molecule has 0 spiro atoms. The van der Waals surface area contributed by atoms with Crippen LogP contribution < -0.4 is 21.3 Å². The normalized spacial score (nSPS) is 9.27. The van der Waals surface area contributed by atoms with E-state index in [0.29, 0.717) is 18.9 Å². The summed E-state index contributed by atoms with van der Waals surface area (Å²) >= 11 is 3.52. The predicted octanol–water partition coefficient (Wildman–Crippen LogP) is 1.77. The van der Waals surface area contributed by atoms with Crippen LogP contribution in [0, 0.1) is 6.92 Å². The second-order valence-corrected chi connectivity index (χ2v) is 4.94. The molecule has 7 nitrogen and oxygen atoms in total. The fraction of sp³-hybridized carbons (Fsp3) is 0.214. The topological polar surface area (TPSA) is 102 Å². The van der Waals surface area contributed by atoms with Crippen molar-refractivity contribution in [2.75, 3.05) is 12.4 Å². The Labute approximate surface area is 137 Å². The summed E-state index contributed by atoms with van der Waals surface area (Å²) in [6, 6.07) is 5.97. The minimum Gasteiger partial charge on any atom is -0.472 e. The van der Waals surface area contributed by atoms with E-state index in [-0.39, 0.29) is 0 Å². The van der Waals surface area contributed by atoms with Crippen LogP contribution in [0.2, 0.25) is 0 Å². The molecule has 1 aromatic heterocycles. The van der Waals surface area contributed by atoms with Crippen LogP contribution in [0.4, 0.5) is 5.69 Å². The van der Waals surface area contributed by atoms with Gasteiger partial charge < -0.3 is 10.1 Å². The first-order valence-corrected chi connectivity index (χ1v) is 7.18. The Kier molecular flexibility index (Phi) is 7.87. The van der Waals surface area contributed by atoms with Gasteiger partial charge in [-0.05, 0) is 19.1 Å². The maximum Gasteiger partial charge on any atom is 0.232 e. The third kappa shape index (κ3) is 5.66. The van der Waals surface area contributed by atoms with Crippen molar-refractivity contribution in [1.82, 2.24) is 15.4 Å². The second-order valence-electron chi connectivity index (χ2n) is 4.09. The molecule has 0 aliphatic heterocycles. The van der Waals surface area contributed by atoms with Gasteiger partial charge in [0.1, 0.15) is 6.61 Å². The van der Waals surface area contributed by atoms with Crippen molar-refractivity contribution < 1.29 is 9.53 Å². The standard InChI is InChI=1S/C13H14BrN3O.CH4N2O/c1-9-6-16-7-13(17-9)18-8-10-11(14)4-3-5-12(10)15-2;2-3-1-4/h3-7,15H,8H2,1-2H3;1H,2H2,(H,3,4). The molecule has 0 unspecified atom stereocenters. The predicted molar refractivity (Wildman–Crippen MR) is 88.2 cm³/mol. The van der Waals surface area contributed by atoms with E-state index in [1.807, 2.05) is 32.2 Å². The van der Waals surface area contributed by atoms with E-state index in [9.17, 15) is 0 Å². The quantitative estimate of drug-likeness (QED) is 0.322. The molecular weight excluding hydrogens is 350 g/mol. The number of carbonyl (C=O) groups is 1. The first kappa shape index (κ1) is 17.9. The van der Waals surface area contributed by atoms with Crippen LogP contribution in [0.15, 0.2) is 35.1 Å². The Hall–Kier alpha value is -2.19. The third-order valence-electron chi connectivity index (χ3n) is 2.55. The number of anilines is 1. The molecule has 0 aliphatic carbocycles. The van der Waals surface area contributed by atoms with E-state index < -0.39 is 0 Å². The maximum atomic E-state index is 8.94. The number of rotatable bonds is 5. The smallest absolute Gasteiger partial charge is 0.232 e. The molecule has 0 bridgehead atoms. The van der Waals surface area contributed by atoms with Crippen molar-refractivity contribution >= 4 is 28.0 Å². The average molecular weight is 368 g/mol. The summed E-state index contributed by atoms with van der Waals surface area (Å²) in [6.45, 7) is 2.33. The van der Waals surface area contributed by atoms with Gasteiger partial charge in [0.15, 0.2) is 0 Å². The molecule has 8 heteroatoms. The van der Waals surface area contributed by atoms with E-state index >= 15 is 0 Å². The number of ether oxygens (including phenoxy) is 1. The molecule has 2 rings (SSSR count). The maximum absolute atomic E-state index is 8.94. The van der Waals surface area contributed by atoms with Gasteiger partial charge in [-0.3, -0.25) is 15.2 Å². The third-order valence-corrected chi connectivity index (χ3v) is 3.30. The zero-order valence-electron chi connectivity index (χ0n) is 12.3. The number of halogens is 1. The molecule has 1 aromatic carbocycles. The summed E-state index contributed by atoms with van der Waals surface area (Å²) < 4.78 is 6.66. The molecule has 0 atom stereocenters. The van der Waals surface area contributed by atoms with Gasteiger partial charge in [0.25, 0.3) is 0 Å². The zero-order chi connectivity index (χ0) is 16.4. The Morgan fingerprint density at radius 3 is 2.73 bits per heavy atom. The molecule has 22 heavy (non-hydrogen) atoms. The molecule has 1 amide bonds. The zero-order valence-corrected chi connectivity index (χ0v) is 13.9. The molecule has 0 saturated carbocycles. The first-order valence-electron chi connectivity index (χ1n) is 6.38. The van der Waals surface area contributed by atoms with Gasteiger partial charge in [0.05, 0.1) is 11.9 Å². The molecule has 0 aliphatic rings. The van der Waals surface area contributed by atoms with E-state index in [0.717, 1.165) is 21.4 Å². The van der Waals surface area contributed by atoms with Gasteiger partial charge in [-0.15, -0.1) is 0 Å². The van der Waals surface area contributed by atoms with Crippen LogP contribution in [0.5, 0.6) is 5.88 Å². The van der Waals surface area contributed by atoms with Crippen LogP contribution in [0.25, 0.3) is 0 Å². The highest BCUT2D eigenvalue weighted by Gasteiger charge is 2.07. The molecule has 0 fully saturated rings. The number of aryl methyl sites for hydroxylation is 1. The van der Waals surface area contributed by atoms with E-state index in [1.54, 1.807) is 17.8 Å². The lowest BCUT2D eigenvalue weighted by Gasteiger charge is -2.12. The number of carbonyl (C=O) groups excluding carboxylic acids is 1. The fourth-order valence-corrected chi connectivity index (χ4v) is 2.08. The van der Waals surface area contributed by atoms with Gasteiger partial charge >= 0.3 is 0 Å². The SMILES string of the molecule is CNc1cccc(Br)c1COc1cncc(C)n1.NNC=O. The summed E-state index contributed by atoms with van der Waals surface area (Å²) in [5.41, 5.74) is 4.68. The molecule has 0 radical (unpaired) electrons. The van der Waals surface area contributed by atoms with Crippen LogP contribution in [-0.2, 0) is 11.4 Å². The minimum absolute atomic E-state index is 0.403. The number of nitrogens with one attached hydrogen (secondary N) is 2. The number of hydrazine groups is 1. The van der Waals surface area contributed by atoms with Crippen LogP contribution in [0.1, 0.15) is 11.3 Å². The summed E-state index contributed by atoms with van der Waals surface area (Å²) in [7, 11) is 1.89. The lowest BCUT2D eigenvalue weighted by molar-refractivity contribution is -0.109. The Balaban J connectivity index is 0.000000541. The first-order chi connectivity index (χ1) is 10.6. The number of hydrogen-bond donors (Lipinski definition) is 3. The van der Waals surface area contributed by atoms with Gasteiger partial charge in [-0.1, -0.05) is 22.0 Å². The number of nitrogens with two attached hydrogens (primary N) is 1. The van der Waals surface area contributed by atoms with Crippen molar-refractivity contribution in [1.29, 1.82) is 0 Å². The largest absolute Gasteiger partial charge is 0.472 e. The lowest BCUT2D eigenvalue weighted by Crippen LogP contribution is -2.18. The molecular formula is C14H18BrN5O2. The highest BCUT2D eigenvalue weighted by atomic mass is 79.9. The summed E-state index contributed by atoms with van der Waals surface area (Å²) in [5, 5.41) is 3.14. The Bertz CT molecular complexity index is 610. The number of aromatic nitrogens is 2. The number of nitrogens with zero attached hydrogens (tertiary/aromatic N) is 2. The fourth-order valence-electron chi connectivity index (χ4n) is 1.60. The van der Waals surface area contributed by atoms with Crippen molar-refractivity contribution in [3.8, 4) is 5.88 Å². The van der Waals surface area contributed by atoms with Crippen LogP contribution in [-0.4, -0.2) is 23.4 Å². The average Bonchev–Trinajstić information content (AvgIpc) is 2.53. The van der Waals surface area contributed by atoms with E-state index in [4.69, 9.17) is 9.53 Å². The van der Waals surface area contributed by atoms with Gasteiger partial charge in [-0.25, -0.2) is 10.8 Å². The van der Waals surface area contributed by atoms with E-state index in [1.165, 1.54) is 0 Å². The molecule has 1 heterocycles. The highest BCUT2D eigenvalue weighted by molar-refractivity contribution is 9.10.